The zero-order chi connectivity index (χ0) is 16.9. The molecular weight excluding hydrogens is 318 g/mol. The van der Waals surface area contributed by atoms with Gasteiger partial charge in [-0.3, -0.25) is 4.79 Å². The van der Waals surface area contributed by atoms with Crippen molar-refractivity contribution in [3.8, 4) is 16.2 Å². The van der Waals surface area contributed by atoms with E-state index in [2.05, 4.69) is 30.0 Å². The number of carbonyl (C=O) groups is 1. The predicted molar refractivity (Wildman–Crippen MR) is 99.9 cm³/mol. The molecule has 3 rings (SSSR count). The molecule has 2 heterocycles. The zero-order valence-electron chi connectivity index (χ0n) is 14.5. The number of carbonyl (C=O) groups excluding carboxylic acids is 1. The number of amides is 1. The number of thiophene rings is 1. The van der Waals surface area contributed by atoms with E-state index in [4.69, 9.17) is 4.74 Å². The number of hydrogen-bond donors (Lipinski definition) is 0. The fourth-order valence-electron chi connectivity index (χ4n) is 3.32. The molecule has 1 aliphatic rings. The lowest BCUT2D eigenvalue weighted by molar-refractivity contribution is 0.0613. The summed E-state index contributed by atoms with van der Waals surface area (Å²) in [6, 6.07) is 12.5. The molecule has 0 spiro atoms. The van der Waals surface area contributed by atoms with Crippen LogP contribution in [-0.4, -0.2) is 30.0 Å². The van der Waals surface area contributed by atoms with Gasteiger partial charge in [0, 0.05) is 17.5 Å². The normalized spacial score (nSPS) is 17.8. The Morgan fingerprint density at radius 3 is 2.67 bits per heavy atom. The SMILES string of the molecule is CCOc1ccc(-c2ccc(C(=O)N3CCCCC3CC)s2)cc1. The first kappa shape index (κ1) is 17.0. The number of ether oxygens (including phenoxy) is 1. The van der Waals surface area contributed by atoms with Crippen LogP contribution in [0, 0.1) is 0 Å². The molecule has 3 nitrogen and oxygen atoms in total. The summed E-state index contributed by atoms with van der Waals surface area (Å²) in [5.74, 6) is 1.08. The van der Waals surface area contributed by atoms with E-state index >= 15 is 0 Å². The highest BCUT2D eigenvalue weighted by Crippen LogP contribution is 2.31. The van der Waals surface area contributed by atoms with Gasteiger partial charge in [0.25, 0.3) is 5.91 Å². The van der Waals surface area contributed by atoms with Crippen LogP contribution >= 0.6 is 11.3 Å². The van der Waals surface area contributed by atoms with Crippen LogP contribution in [0.15, 0.2) is 36.4 Å². The van der Waals surface area contributed by atoms with Crippen LogP contribution in [0.25, 0.3) is 10.4 Å². The van der Waals surface area contributed by atoms with E-state index in [0.717, 1.165) is 46.9 Å². The predicted octanol–water partition coefficient (Wildman–Crippen LogP) is 5.22. The summed E-state index contributed by atoms with van der Waals surface area (Å²) in [5, 5.41) is 0. The van der Waals surface area contributed by atoms with Gasteiger partial charge in [-0.2, -0.15) is 0 Å². The maximum Gasteiger partial charge on any atom is 0.264 e. The molecule has 1 unspecified atom stereocenters. The van der Waals surface area contributed by atoms with Gasteiger partial charge in [0.05, 0.1) is 11.5 Å². The Morgan fingerprint density at radius 1 is 1.17 bits per heavy atom. The van der Waals surface area contributed by atoms with Gasteiger partial charge in [-0.15, -0.1) is 11.3 Å². The Morgan fingerprint density at radius 2 is 1.96 bits per heavy atom. The lowest BCUT2D eigenvalue weighted by atomic mass is 10.00. The van der Waals surface area contributed by atoms with Crippen molar-refractivity contribution in [3.05, 3.63) is 41.3 Å². The molecule has 1 atom stereocenters. The number of benzene rings is 1. The fourth-order valence-corrected chi connectivity index (χ4v) is 4.29. The Labute approximate surface area is 148 Å². The number of likely N-dealkylation sites (tertiary alicyclic amines) is 1. The van der Waals surface area contributed by atoms with Gasteiger partial charge < -0.3 is 9.64 Å². The number of nitrogens with zero attached hydrogens (tertiary/aromatic N) is 1. The van der Waals surface area contributed by atoms with Crippen molar-refractivity contribution in [1.29, 1.82) is 0 Å². The zero-order valence-corrected chi connectivity index (χ0v) is 15.3. The average molecular weight is 343 g/mol. The molecule has 1 aliphatic heterocycles. The van der Waals surface area contributed by atoms with Gasteiger partial charge in [-0.25, -0.2) is 0 Å². The second-order valence-electron chi connectivity index (χ2n) is 6.18. The molecule has 0 saturated carbocycles. The van der Waals surface area contributed by atoms with E-state index in [9.17, 15) is 4.79 Å². The van der Waals surface area contributed by atoms with Crippen LogP contribution in [0.3, 0.4) is 0 Å². The molecule has 2 aromatic rings. The molecule has 1 aromatic heterocycles. The number of piperidine rings is 1. The third-order valence-electron chi connectivity index (χ3n) is 4.63. The highest BCUT2D eigenvalue weighted by Gasteiger charge is 2.27. The highest BCUT2D eigenvalue weighted by molar-refractivity contribution is 7.17. The summed E-state index contributed by atoms with van der Waals surface area (Å²) in [7, 11) is 0. The lowest BCUT2D eigenvalue weighted by Crippen LogP contribution is -2.43. The van der Waals surface area contributed by atoms with Crippen LogP contribution in [0.2, 0.25) is 0 Å². The van der Waals surface area contributed by atoms with Crippen molar-refractivity contribution in [3.63, 3.8) is 0 Å². The average Bonchev–Trinajstić information content (AvgIpc) is 3.12. The summed E-state index contributed by atoms with van der Waals surface area (Å²) in [4.78, 5) is 16.9. The quantitative estimate of drug-likeness (QED) is 0.745. The highest BCUT2D eigenvalue weighted by atomic mass is 32.1. The number of hydrogen-bond acceptors (Lipinski definition) is 3. The second-order valence-corrected chi connectivity index (χ2v) is 7.26. The van der Waals surface area contributed by atoms with Gasteiger partial charge in [0.15, 0.2) is 0 Å². The minimum Gasteiger partial charge on any atom is -0.494 e. The first-order chi connectivity index (χ1) is 11.7. The summed E-state index contributed by atoms with van der Waals surface area (Å²) >= 11 is 1.59. The molecular formula is C20H25NO2S. The second kappa shape index (κ2) is 7.84. The van der Waals surface area contributed by atoms with E-state index in [1.807, 2.05) is 25.1 Å². The summed E-state index contributed by atoms with van der Waals surface area (Å²) in [6.07, 6.45) is 4.55. The molecule has 0 aliphatic carbocycles. The van der Waals surface area contributed by atoms with Crippen LogP contribution in [0.4, 0.5) is 0 Å². The van der Waals surface area contributed by atoms with Crippen LogP contribution in [0.1, 0.15) is 49.2 Å². The van der Waals surface area contributed by atoms with E-state index in [0.29, 0.717) is 12.6 Å². The van der Waals surface area contributed by atoms with Crippen molar-refractivity contribution in [2.24, 2.45) is 0 Å². The Balaban J connectivity index is 1.75. The maximum absolute atomic E-state index is 12.9. The van der Waals surface area contributed by atoms with Gasteiger partial charge in [0.2, 0.25) is 0 Å². The van der Waals surface area contributed by atoms with Gasteiger partial charge in [-0.05, 0) is 74.6 Å². The van der Waals surface area contributed by atoms with E-state index in [1.54, 1.807) is 11.3 Å². The molecule has 1 aromatic carbocycles. The first-order valence-corrected chi connectivity index (χ1v) is 9.68. The van der Waals surface area contributed by atoms with Gasteiger partial charge >= 0.3 is 0 Å². The topological polar surface area (TPSA) is 29.5 Å². The third-order valence-corrected chi connectivity index (χ3v) is 5.75. The standard InChI is InChI=1S/C20H25NO2S/c1-3-16-7-5-6-14-21(16)20(22)19-13-12-18(24-19)15-8-10-17(11-9-15)23-4-2/h8-13,16H,3-7,14H2,1-2H3. The van der Waals surface area contributed by atoms with E-state index in [1.165, 1.54) is 6.42 Å². The monoisotopic (exact) mass is 343 g/mol. The Bertz CT molecular complexity index is 677. The van der Waals surface area contributed by atoms with E-state index in [-0.39, 0.29) is 5.91 Å². The van der Waals surface area contributed by atoms with Crippen LogP contribution < -0.4 is 4.74 Å². The molecule has 0 N–H and O–H groups in total. The molecule has 4 heteroatoms. The van der Waals surface area contributed by atoms with Crippen molar-refractivity contribution in [2.75, 3.05) is 13.2 Å². The molecule has 1 saturated heterocycles. The molecule has 128 valence electrons. The third kappa shape index (κ3) is 3.64. The van der Waals surface area contributed by atoms with Crippen molar-refractivity contribution < 1.29 is 9.53 Å². The molecule has 24 heavy (non-hydrogen) atoms. The largest absolute Gasteiger partial charge is 0.494 e. The Hall–Kier alpha value is -1.81. The van der Waals surface area contributed by atoms with Crippen molar-refractivity contribution >= 4 is 17.2 Å². The molecule has 1 amide bonds. The fraction of sp³-hybridized carbons (Fsp3) is 0.450. The van der Waals surface area contributed by atoms with Crippen LogP contribution in [0.5, 0.6) is 5.75 Å². The molecule has 1 fully saturated rings. The maximum atomic E-state index is 12.9. The van der Waals surface area contributed by atoms with Crippen molar-refractivity contribution in [2.45, 2.75) is 45.6 Å². The summed E-state index contributed by atoms with van der Waals surface area (Å²) in [6.45, 7) is 5.73. The minimum atomic E-state index is 0.198. The van der Waals surface area contributed by atoms with Crippen LogP contribution in [-0.2, 0) is 0 Å². The van der Waals surface area contributed by atoms with E-state index < -0.39 is 0 Å². The number of rotatable bonds is 5. The van der Waals surface area contributed by atoms with Gasteiger partial charge in [0.1, 0.15) is 5.75 Å². The molecule has 0 bridgehead atoms. The lowest BCUT2D eigenvalue weighted by Gasteiger charge is -2.35. The summed E-state index contributed by atoms with van der Waals surface area (Å²) < 4.78 is 5.49. The Kier molecular flexibility index (Phi) is 5.56. The molecule has 0 radical (unpaired) electrons. The first-order valence-electron chi connectivity index (χ1n) is 8.87. The minimum absolute atomic E-state index is 0.198. The van der Waals surface area contributed by atoms with Gasteiger partial charge in [-0.1, -0.05) is 6.92 Å². The smallest absolute Gasteiger partial charge is 0.264 e. The van der Waals surface area contributed by atoms with Crippen molar-refractivity contribution in [1.82, 2.24) is 4.90 Å². The summed E-state index contributed by atoms with van der Waals surface area (Å²) in [5.41, 5.74) is 1.13.